The van der Waals surface area contributed by atoms with Crippen LogP contribution in [0.4, 0.5) is 11.5 Å². The van der Waals surface area contributed by atoms with Crippen molar-refractivity contribution < 1.29 is 0 Å². The molecule has 1 atom stereocenters. The van der Waals surface area contributed by atoms with Gasteiger partial charge in [0.15, 0.2) is 0 Å². The molecule has 3 heteroatoms. The third-order valence-electron chi connectivity index (χ3n) is 2.91. The second-order valence-electron chi connectivity index (χ2n) is 3.85. The van der Waals surface area contributed by atoms with Crippen LogP contribution in [0, 0.1) is 0 Å². The van der Waals surface area contributed by atoms with Gasteiger partial charge in [-0.3, -0.25) is 0 Å². The second-order valence-corrected chi connectivity index (χ2v) is 3.85. The predicted molar refractivity (Wildman–Crippen MR) is 59.3 cm³/mol. The maximum atomic E-state index is 5.75. The molecular weight excluding hydrogens is 174 g/mol. The van der Waals surface area contributed by atoms with Gasteiger partial charge in [0.05, 0.1) is 0 Å². The lowest BCUT2D eigenvalue weighted by atomic mass is 10.2. The Hall–Kier alpha value is -1.25. The molecule has 1 fully saturated rings. The summed E-state index contributed by atoms with van der Waals surface area (Å²) < 4.78 is 0. The zero-order valence-corrected chi connectivity index (χ0v) is 8.61. The molecule has 1 aliphatic heterocycles. The molecule has 3 nitrogen and oxygen atoms in total. The summed E-state index contributed by atoms with van der Waals surface area (Å²) >= 11 is 0. The number of nitrogen functional groups attached to an aromatic ring is 1. The van der Waals surface area contributed by atoms with Crippen LogP contribution in [0.25, 0.3) is 0 Å². The maximum Gasteiger partial charge on any atom is 0.130 e. The molecule has 1 aromatic rings. The molecule has 76 valence electrons. The summed E-state index contributed by atoms with van der Waals surface area (Å²) in [7, 11) is 0. The quantitative estimate of drug-likeness (QED) is 0.777. The molecule has 2 rings (SSSR count). The van der Waals surface area contributed by atoms with Crippen molar-refractivity contribution in [3.63, 3.8) is 0 Å². The van der Waals surface area contributed by atoms with Crippen molar-refractivity contribution >= 4 is 11.5 Å². The summed E-state index contributed by atoms with van der Waals surface area (Å²) in [5.74, 6) is 1.04. The van der Waals surface area contributed by atoms with Gasteiger partial charge in [0.25, 0.3) is 0 Å². The van der Waals surface area contributed by atoms with Gasteiger partial charge >= 0.3 is 0 Å². The van der Waals surface area contributed by atoms with Crippen molar-refractivity contribution in [1.29, 1.82) is 0 Å². The highest BCUT2D eigenvalue weighted by Crippen LogP contribution is 2.26. The molecule has 0 radical (unpaired) electrons. The van der Waals surface area contributed by atoms with Crippen molar-refractivity contribution in [2.45, 2.75) is 32.2 Å². The van der Waals surface area contributed by atoms with Crippen LogP contribution in [-0.2, 0) is 0 Å². The van der Waals surface area contributed by atoms with Crippen LogP contribution >= 0.6 is 0 Å². The minimum Gasteiger partial charge on any atom is -0.399 e. The Labute approximate surface area is 84.9 Å². The molecule has 2 N–H and O–H groups in total. The minimum absolute atomic E-state index is 0.657. The Morgan fingerprint density at radius 2 is 2.50 bits per heavy atom. The van der Waals surface area contributed by atoms with Crippen LogP contribution in [0.3, 0.4) is 0 Å². The number of nitrogens with zero attached hydrogens (tertiary/aromatic N) is 2. The first kappa shape index (κ1) is 9.31. The van der Waals surface area contributed by atoms with E-state index in [0.29, 0.717) is 6.04 Å². The largest absolute Gasteiger partial charge is 0.399 e. The van der Waals surface area contributed by atoms with Crippen LogP contribution < -0.4 is 10.6 Å². The van der Waals surface area contributed by atoms with Crippen LogP contribution in [0.2, 0.25) is 0 Å². The van der Waals surface area contributed by atoms with Gasteiger partial charge < -0.3 is 10.6 Å². The number of pyridine rings is 1. The Balaban J connectivity index is 2.21. The van der Waals surface area contributed by atoms with Crippen molar-refractivity contribution in [2.75, 3.05) is 17.2 Å². The SMILES string of the molecule is CCC1CCCN1c1cc(N)ccn1. The Morgan fingerprint density at radius 3 is 3.21 bits per heavy atom. The molecule has 1 aliphatic rings. The number of hydrogen-bond acceptors (Lipinski definition) is 3. The van der Waals surface area contributed by atoms with E-state index in [-0.39, 0.29) is 0 Å². The summed E-state index contributed by atoms with van der Waals surface area (Å²) in [6.07, 6.45) is 5.54. The lowest BCUT2D eigenvalue weighted by Crippen LogP contribution is -2.29. The minimum atomic E-state index is 0.657. The maximum absolute atomic E-state index is 5.75. The van der Waals surface area contributed by atoms with Crippen LogP contribution in [-0.4, -0.2) is 17.6 Å². The first-order chi connectivity index (χ1) is 6.81. The van der Waals surface area contributed by atoms with Crippen molar-refractivity contribution in [3.8, 4) is 0 Å². The molecule has 1 saturated heterocycles. The Morgan fingerprint density at radius 1 is 1.64 bits per heavy atom. The van der Waals surface area contributed by atoms with Crippen molar-refractivity contribution in [1.82, 2.24) is 4.98 Å². The highest BCUT2D eigenvalue weighted by atomic mass is 15.2. The van der Waals surface area contributed by atoms with E-state index < -0.39 is 0 Å². The predicted octanol–water partition coefficient (Wildman–Crippen LogP) is 2.04. The van der Waals surface area contributed by atoms with E-state index in [1.54, 1.807) is 6.20 Å². The molecule has 0 aliphatic carbocycles. The summed E-state index contributed by atoms with van der Waals surface area (Å²) in [5.41, 5.74) is 6.55. The second kappa shape index (κ2) is 3.86. The van der Waals surface area contributed by atoms with Crippen molar-refractivity contribution in [3.05, 3.63) is 18.3 Å². The zero-order chi connectivity index (χ0) is 9.97. The molecule has 0 bridgehead atoms. The summed E-state index contributed by atoms with van der Waals surface area (Å²) in [6, 6.07) is 4.46. The molecule has 2 heterocycles. The lowest BCUT2D eigenvalue weighted by molar-refractivity contribution is 0.641. The fraction of sp³-hybridized carbons (Fsp3) is 0.545. The molecule has 0 spiro atoms. The summed E-state index contributed by atoms with van der Waals surface area (Å²) in [5, 5.41) is 0. The average molecular weight is 191 g/mol. The van der Waals surface area contributed by atoms with Crippen LogP contribution in [0.5, 0.6) is 0 Å². The molecular formula is C11H17N3. The highest BCUT2D eigenvalue weighted by Gasteiger charge is 2.23. The number of aromatic nitrogens is 1. The fourth-order valence-corrected chi connectivity index (χ4v) is 2.15. The van der Waals surface area contributed by atoms with E-state index in [4.69, 9.17) is 5.73 Å². The molecule has 14 heavy (non-hydrogen) atoms. The molecule has 1 aromatic heterocycles. The smallest absolute Gasteiger partial charge is 0.130 e. The van der Waals surface area contributed by atoms with E-state index in [0.717, 1.165) is 18.1 Å². The summed E-state index contributed by atoms with van der Waals surface area (Å²) in [6.45, 7) is 3.35. The highest BCUT2D eigenvalue weighted by molar-refractivity contribution is 5.51. The standard InChI is InChI=1S/C11H17N3/c1-2-10-4-3-7-14(10)11-8-9(12)5-6-13-11/h5-6,8,10H,2-4,7H2,1H3,(H2,12,13). The third kappa shape index (κ3) is 1.67. The van der Waals surface area contributed by atoms with Gasteiger partial charge in [-0.2, -0.15) is 0 Å². The Bertz CT molecular complexity index is 311. The first-order valence-corrected chi connectivity index (χ1v) is 5.29. The molecule has 0 saturated carbocycles. The zero-order valence-electron chi connectivity index (χ0n) is 8.61. The average Bonchev–Trinajstić information content (AvgIpc) is 2.65. The van der Waals surface area contributed by atoms with E-state index in [1.165, 1.54) is 19.3 Å². The topological polar surface area (TPSA) is 42.1 Å². The van der Waals surface area contributed by atoms with Gasteiger partial charge in [0.1, 0.15) is 5.82 Å². The van der Waals surface area contributed by atoms with Gasteiger partial charge in [-0.15, -0.1) is 0 Å². The van der Waals surface area contributed by atoms with Crippen LogP contribution in [0.1, 0.15) is 26.2 Å². The van der Waals surface area contributed by atoms with Gasteiger partial charge in [-0.1, -0.05) is 6.92 Å². The number of rotatable bonds is 2. The first-order valence-electron chi connectivity index (χ1n) is 5.29. The van der Waals surface area contributed by atoms with E-state index in [2.05, 4.69) is 16.8 Å². The van der Waals surface area contributed by atoms with E-state index in [1.807, 2.05) is 12.1 Å². The normalized spacial score (nSPS) is 21.5. The third-order valence-corrected chi connectivity index (χ3v) is 2.91. The molecule has 0 aromatic carbocycles. The van der Waals surface area contributed by atoms with Crippen molar-refractivity contribution in [2.24, 2.45) is 0 Å². The number of anilines is 2. The van der Waals surface area contributed by atoms with Gasteiger partial charge in [-0.05, 0) is 25.3 Å². The Kier molecular flexibility index (Phi) is 2.57. The number of nitrogens with two attached hydrogens (primary N) is 1. The van der Waals surface area contributed by atoms with Gasteiger partial charge in [-0.25, -0.2) is 4.98 Å². The molecule has 0 amide bonds. The molecule has 1 unspecified atom stereocenters. The van der Waals surface area contributed by atoms with Gasteiger partial charge in [0, 0.05) is 30.5 Å². The fourth-order valence-electron chi connectivity index (χ4n) is 2.15. The van der Waals surface area contributed by atoms with Crippen LogP contribution in [0.15, 0.2) is 18.3 Å². The lowest BCUT2D eigenvalue weighted by Gasteiger charge is -2.24. The monoisotopic (exact) mass is 191 g/mol. The van der Waals surface area contributed by atoms with Gasteiger partial charge in [0.2, 0.25) is 0 Å². The van der Waals surface area contributed by atoms with E-state index in [9.17, 15) is 0 Å². The van der Waals surface area contributed by atoms with E-state index >= 15 is 0 Å². The summed E-state index contributed by atoms with van der Waals surface area (Å²) in [4.78, 5) is 6.74. The number of hydrogen-bond donors (Lipinski definition) is 1.